The highest BCUT2D eigenvalue weighted by Gasteiger charge is 2.42. The average molecular weight is 386 g/mol. The smallest absolute Gasteiger partial charge is 0.339 e. The van der Waals surface area contributed by atoms with Crippen molar-refractivity contribution in [3.05, 3.63) is 46.0 Å². The average Bonchev–Trinajstić information content (AvgIpc) is 3.19. The van der Waals surface area contributed by atoms with E-state index in [4.69, 9.17) is 4.74 Å². The van der Waals surface area contributed by atoms with Crippen LogP contribution in [0.15, 0.2) is 29.3 Å². The third kappa shape index (κ3) is 3.49. The molecule has 0 bridgehead atoms. The van der Waals surface area contributed by atoms with Crippen molar-refractivity contribution < 1.29 is 14.3 Å². The van der Waals surface area contributed by atoms with Crippen LogP contribution in [-0.2, 0) is 9.53 Å². The Morgan fingerprint density at radius 2 is 1.96 bits per heavy atom. The molecular formula is C19H22N4O3S. The lowest BCUT2D eigenvalue weighted by Gasteiger charge is -2.21. The van der Waals surface area contributed by atoms with Crippen LogP contribution in [0.4, 0.5) is 0 Å². The number of hydrogen-bond acceptors (Lipinski definition) is 7. The summed E-state index contributed by atoms with van der Waals surface area (Å²) in [5.41, 5.74) is 0.789. The molecule has 0 spiro atoms. The summed E-state index contributed by atoms with van der Waals surface area (Å²) in [5.74, 6) is -0.237. The van der Waals surface area contributed by atoms with E-state index in [9.17, 15) is 9.59 Å². The van der Waals surface area contributed by atoms with E-state index in [1.165, 1.54) is 11.5 Å². The molecule has 142 valence electrons. The van der Waals surface area contributed by atoms with E-state index >= 15 is 0 Å². The predicted octanol–water partition coefficient (Wildman–Crippen LogP) is 3.06. The van der Waals surface area contributed by atoms with Gasteiger partial charge in [-0.3, -0.25) is 9.79 Å². The van der Waals surface area contributed by atoms with Gasteiger partial charge in [-0.1, -0.05) is 36.5 Å². The molecule has 1 aliphatic rings. The lowest BCUT2D eigenvalue weighted by Crippen LogP contribution is -2.41. The zero-order chi connectivity index (χ0) is 19.8. The second kappa shape index (κ2) is 7.19. The highest BCUT2D eigenvalue weighted by Crippen LogP contribution is 2.29. The van der Waals surface area contributed by atoms with Gasteiger partial charge in [-0.15, -0.1) is 5.10 Å². The van der Waals surface area contributed by atoms with Crippen LogP contribution in [0.1, 0.15) is 60.3 Å². The number of amides is 1. The third-order valence-corrected chi connectivity index (χ3v) is 5.89. The Labute approximate surface area is 162 Å². The molecule has 2 unspecified atom stereocenters. The zero-order valence-corrected chi connectivity index (χ0v) is 16.8. The van der Waals surface area contributed by atoms with Crippen LogP contribution in [0.25, 0.3) is 0 Å². The largest absolute Gasteiger partial charge is 0.453 e. The number of carbonyl (C=O) groups excluding carboxylic acids is 2. The van der Waals surface area contributed by atoms with E-state index in [1.54, 1.807) is 38.1 Å². The van der Waals surface area contributed by atoms with E-state index in [-0.39, 0.29) is 11.8 Å². The fraction of sp³-hybridized carbons (Fsp3) is 0.421. The van der Waals surface area contributed by atoms with Gasteiger partial charge in [0.1, 0.15) is 17.5 Å². The van der Waals surface area contributed by atoms with Crippen LogP contribution in [0.2, 0.25) is 0 Å². The number of aromatic nitrogens is 2. The molecule has 7 nitrogen and oxygen atoms in total. The molecule has 1 aliphatic heterocycles. The molecular weight excluding hydrogens is 364 g/mol. The number of rotatable bonds is 5. The first-order chi connectivity index (χ1) is 12.7. The van der Waals surface area contributed by atoms with Gasteiger partial charge in [0.2, 0.25) is 0 Å². The molecule has 27 heavy (non-hydrogen) atoms. The second-order valence-corrected chi connectivity index (χ2v) is 7.82. The topological polar surface area (TPSA) is 93.5 Å². The van der Waals surface area contributed by atoms with Gasteiger partial charge in [0.15, 0.2) is 0 Å². The van der Waals surface area contributed by atoms with E-state index in [1.807, 2.05) is 20.8 Å². The molecule has 0 aliphatic carbocycles. The minimum Gasteiger partial charge on any atom is -0.453 e. The van der Waals surface area contributed by atoms with Crippen LogP contribution in [0, 0.1) is 12.8 Å². The number of benzene rings is 1. The van der Waals surface area contributed by atoms with E-state index < -0.39 is 17.6 Å². The molecule has 2 aromatic rings. The van der Waals surface area contributed by atoms with Gasteiger partial charge in [-0.2, -0.15) is 0 Å². The maximum absolute atomic E-state index is 12.8. The first kappa shape index (κ1) is 19.2. The lowest BCUT2D eigenvalue weighted by molar-refractivity contribution is -0.124. The second-order valence-electron chi connectivity index (χ2n) is 7.03. The minimum absolute atomic E-state index is 0.0240. The number of ether oxygens (including phenoxy) is 1. The predicted molar refractivity (Wildman–Crippen MR) is 103 cm³/mol. The van der Waals surface area contributed by atoms with Crippen molar-refractivity contribution >= 4 is 29.2 Å². The Morgan fingerprint density at radius 1 is 1.26 bits per heavy atom. The number of nitrogens with zero attached hydrogens (tertiary/aromatic N) is 3. The van der Waals surface area contributed by atoms with Gasteiger partial charge in [0.25, 0.3) is 5.91 Å². The fourth-order valence-corrected chi connectivity index (χ4v) is 3.44. The van der Waals surface area contributed by atoms with Gasteiger partial charge in [-0.25, -0.2) is 4.79 Å². The number of aryl methyl sites for hydroxylation is 1. The Balaban J connectivity index is 1.90. The van der Waals surface area contributed by atoms with E-state index in [0.717, 1.165) is 10.6 Å². The molecule has 1 aromatic carbocycles. The third-order valence-electron chi connectivity index (χ3n) is 4.90. The first-order valence-electron chi connectivity index (χ1n) is 8.74. The van der Waals surface area contributed by atoms with Crippen molar-refractivity contribution in [1.29, 1.82) is 0 Å². The summed E-state index contributed by atoms with van der Waals surface area (Å²) in [6.07, 6.45) is -0.466. The number of aliphatic imine (C=N–C) groups is 1. The van der Waals surface area contributed by atoms with E-state index in [0.29, 0.717) is 17.0 Å². The van der Waals surface area contributed by atoms with Crippen molar-refractivity contribution in [2.75, 3.05) is 0 Å². The highest BCUT2D eigenvalue weighted by molar-refractivity contribution is 7.05. The van der Waals surface area contributed by atoms with Gasteiger partial charge in [0.05, 0.1) is 16.1 Å². The summed E-state index contributed by atoms with van der Waals surface area (Å²) >= 11 is 1.21. The zero-order valence-electron chi connectivity index (χ0n) is 15.9. The molecule has 1 aromatic heterocycles. The summed E-state index contributed by atoms with van der Waals surface area (Å²) in [5, 5.41) is 6.76. The standard InChI is InChI=1S/C19H22N4O3S/c1-10(2)19(5)18(25)20-16(21-19)13-8-6-7-9-14(13)17(24)26-12(4)15-11(3)22-23-27-15/h6-10,12H,1-5H3,(H,20,21,25). The highest BCUT2D eigenvalue weighted by atomic mass is 32.1. The number of hydrogen-bond donors (Lipinski definition) is 1. The van der Waals surface area contributed by atoms with Gasteiger partial charge in [-0.05, 0) is 44.3 Å². The van der Waals surface area contributed by atoms with Crippen molar-refractivity contribution in [1.82, 2.24) is 14.9 Å². The van der Waals surface area contributed by atoms with Crippen LogP contribution < -0.4 is 5.32 Å². The van der Waals surface area contributed by atoms with Crippen LogP contribution in [-0.4, -0.2) is 32.8 Å². The Morgan fingerprint density at radius 3 is 2.56 bits per heavy atom. The summed E-state index contributed by atoms with van der Waals surface area (Å²) < 4.78 is 9.49. The molecule has 1 N–H and O–H groups in total. The van der Waals surface area contributed by atoms with Gasteiger partial charge in [0, 0.05) is 5.56 Å². The molecule has 0 radical (unpaired) electrons. The van der Waals surface area contributed by atoms with Gasteiger partial charge < -0.3 is 10.1 Å². The number of esters is 1. The molecule has 2 atom stereocenters. The molecule has 3 rings (SSSR count). The monoisotopic (exact) mass is 386 g/mol. The summed E-state index contributed by atoms with van der Waals surface area (Å²) in [7, 11) is 0. The maximum atomic E-state index is 12.8. The lowest BCUT2D eigenvalue weighted by atomic mass is 9.89. The molecule has 0 saturated carbocycles. The van der Waals surface area contributed by atoms with Crippen LogP contribution in [0.5, 0.6) is 0 Å². The maximum Gasteiger partial charge on any atom is 0.339 e. The molecule has 0 saturated heterocycles. The first-order valence-corrected chi connectivity index (χ1v) is 9.52. The Hall–Kier alpha value is -2.61. The molecule has 2 heterocycles. The van der Waals surface area contributed by atoms with Crippen LogP contribution in [0.3, 0.4) is 0 Å². The number of amidine groups is 1. The fourth-order valence-electron chi connectivity index (χ4n) is 2.82. The number of nitrogens with one attached hydrogen (secondary N) is 1. The van der Waals surface area contributed by atoms with Crippen LogP contribution >= 0.6 is 11.5 Å². The molecule has 1 amide bonds. The Bertz CT molecular complexity index is 921. The SMILES string of the molecule is Cc1nnsc1C(C)OC(=O)c1ccccc1C1=NC(C)(C(C)C)C(=O)N1. The van der Waals surface area contributed by atoms with Gasteiger partial charge >= 0.3 is 5.97 Å². The van der Waals surface area contributed by atoms with Crippen molar-refractivity contribution in [3.63, 3.8) is 0 Å². The van der Waals surface area contributed by atoms with E-state index in [2.05, 4.69) is 19.9 Å². The molecule has 8 heteroatoms. The summed E-state index contributed by atoms with van der Waals surface area (Å²) in [6.45, 7) is 9.29. The van der Waals surface area contributed by atoms with Crippen molar-refractivity contribution in [3.8, 4) is 0 Å². The summed E-state index contributed by atoms with van der Waals surface area (Å²) in [4.78, 5) is 30.6. The quantitative estimate of drug-likeness (QED) is 0.797. The van der Waals surface area contributed by atoms with Crippen molar-refractivity contribution in [2.45, 2.75) is 46.3 Å². The Kier molecular flexibility index (Phi) is 5.10. The summed E-state index contributed by atoms with van der Waals surface area (Å²) in [6, 6.07) is 6.98. The number of carbonyl (C=O) groups is 2. The normalized spacial score (nSPS) is 20.4. The minimum atomic E-state index is -0.856. The molecule has 0 fully saturated rings. The van der Waals surface area contributed by atoms with Crippen molar-refractivity contribution in [2.24, 2.45) is 10.9 Å².